The molecule has 2 rings (SSSR count). The van der Waals surface area contributed by atoms with Crippen LogP contribution in [-0.2, 0) is 6.18 Å². The number of halogens is 4. The molecule has 1 N–H and O–H groups in total. The van der Waals surface area contributed by atoms with E-state index in [0.29, 0.717) is 23.3 Å². The van der Waals surface area contributed by atoms with Crippen molar-refractivity contribution in [3.8, 4) is 0 Å². The number of aromatic nitrogens is 2. The summed E-state index contributed by atoms with van der Waals surface area (Å²) in [5.74, 6) is -3.32. The van der Waals surface area contributed by atoms with Gasteiger partial charge in [0.2, 0.25) is 5.82 Å². The van der Waals surface area contributed by atoms with E-state index in [0.717, 1.165) is 18.2 Å². The van der Waals surface area contributed by atoms with E-state index in [1.54, 1.807) is 0 Å². The second-order valence-electron chi connectivity index (χ2n) is 3.43. The van der Waals surface area contributed by atoms with Crippen LogP contribution in [0.15, 0.2) is 27.4 Å². The SMILES string of the molecule is O=C(O)c1ccc(F)c(Sc2nc(C(F)(F)F)ns2)c1. The van der Waals surface area contributed by atoms with Gasteiger partial charge in [-0.25, -0.2) is 14.2 Å². The lowest BCUT2D eigenvalue weighted by molar-refractivity contribution is -0.144. The fourth-order valence-corrected chi connectivity index (χ4v) is 2.81. The molecule has 1 aromatic carbocycles. The number of hydrogen-bond acceptors (Lipinski definition) is 5. The molecule has 0 spiro atoms. The van der Waals surface area contributed by atoms with Crippen molar-refractivity contribution < 1.29 is 27.5 Å². The van der Waals surface area contributed by atoms with Gasteiger partial charge in [0, 0.05) is 0 Å². The van der Waals surface area contributed by atoms with Crippen molar-refractivity contribution in [1.82, 2.24) is 9.36 Å². The highest BCUT2D eigenvalue weighted by Crippen LogP contribution is 2.35. The molecule has 20 heavy (non-hydrogen) atoms. The molecule has 0 saturated carbocycles. The fraction of sp³-hybridized carbons (Fsp3) is 0.100. The molecular formula is C10H4F4N2O2S2. The van der Waals surface area contributed by atoms with Crippen molar-refractivity contribution >= 4 is 29.3 Å². The Kier molecular flexibility index (Phi) is 3.95. The molecule has 2 aromatic rings. The number of benzene rings is 1. The van der Waals surface area contributed by atoms with E-state index in [9.17, 15) is 22.4 Å². The van der Waals surface area contributed by atoms with Gasteiger partial charge in [-0.2, -0.15) is 17.5 Å². The first-order valence-electron chi connectivity index (χ1n) is 4.89. The van der Waals surface area contributed by atoms with Crippen LogP contribution >= 0.6 is 23.3 Å². The normalized spacial score (nSPS) is 11.6. The number of carbonyl (C=O) groups is 1. The summed E-state index contributed by atoms with van der Waals surface area (Å²) in [6.07, 6.45) is -4.67. The Bertz CT molecular complexity index is 657. The molecule has 1 heterocycles. The molecule has 0 unspecified atom stereocenters. The fourth-order valence-electron chi connectivity index (χ4n) is 1.17. The molecule has 0 bridgehead atoms. The minimum absolute atomic E-state index is 0.126. The number of aromatic carboxylic acids is 1. The minimum Gasteiger partial charge on any atom is -0.478 e. The first-order chi connectivity index (χ1) is 9.27. The summed E-state index contributed by atoms with van der Waals surface area (Å²) in [6, 6.07) is 3.01. The van der Waals surface area contributed by atoms with Crippen LogP contribution < -0.4 is 0 Å². The highest BCUT2D eigenvalue weighted by atomic mass is 32.2. The summed E-state index contributed by atoms with van der Waals surface area (Å²) in [5, 5.41) is 8.77. The number of carboxylic acids is 1. The van der Waals surface area contributed by atoms with Gasteiger partial charge in [0.1, 0.15) is 5.82 Å². The summed E-state index contributed by atoms with van der Waals surface area (Å²) in [7, 11) is 0. The number of alkyl halides is 3. The number of rotatable bonds is 3. The second-order valence-corrected chi connectivity index (χ2v) is 5.47. The van der Waals surface area contributed by atoms with Crippen molar-refractivity contribution in [2.45, 2.75) is 15.4 Å². The molecular weight excluding hydrogens is 320 g/mol. The molecule has 10 heteroatoms. The summed E-state index contributed by atoms with van der Waals surface area (Å²) < 4.78 is 53.4. The quantitative estimate of drug-likeness (QED) is 0.875. The second kappa shape index (κ2) is 5.37. The Morgan fingerprint density at radius 2 is 2.05 bits per heavy atom. The van der Waals surface area contributed by atoms with E-state index >= 15 is 0 Å². The predicted octanol–water partition coefficient (Wildman–Crippen LogP) is 3.55. The first kappa shape index (κ1) is 14.7. The molecule has 0 atom stereocenters. The third-order valence-electron chi connectivity index (χ3n) is 2.04. The summed E-state index contributed by atoms with van der Waals surface area (Å²) in [4.78, 5) is 13.8. The van der Waals surface area contributed by atoms with Crippen LogP contribution in [0.3, 0.4) is 0 Å². The number of carboxylic acid groups (broad SMARTS) is 1. The summed E-state index contributed by atoms with van der Waals surface area (Å²) in [5.41, 5.74) is -0.172. The van der Waals surface area contributed by atoms with Crippen LogP contribution in [0.4, 0.5) is 17.6 Å². The van der Waals surface area contributed by atoms with Crippen LogP contribution in [0.1, 0.15) is 16.2 Å². The van der Waals surface area contributed by atoms with Gasteiger partial charge in [0.25, 0.3) is 0 Å². The minimum atomic E-state index is -4.67. The maximum Gasteiger partial charge on any atom is 0.452 e. The average Bonchev–Trinajstić information content (AvgIpc) is 2.80. The van der Waals surface area contributed by atoms with E-state index in [2.05, 4.69) is 9.36 Å². The van der Waals surface area contributed by atoms with Crippen molar-refractivity contribution in [2.75, 3.05) is 0 Å². The van der Waals surface area contributed by atoms with E-state index in [1.165, 1.54) is 0 Å². The highest BCUT2D eigenvalue weighted by Gasteiger charge is 2.36. The molecule has 4 nitrogen and oxygen atoms in total. The lowest BCUT2D eigenvalue weighted by atomic mass is 10.2. The lowest BCUT2D eigenvalue weighted by Crippen LogP contribution is -2.06. The molecule has 1 aromatic heterocycles. The van der Waals surface area contributed by atoms with Gasteiger partial charge < -0.3 is 5.11 Å². The Morgan fingerprint density at radius 3 is 2.60 bits per heavy atom. The third kappa shape index (κ3) is 3.25. The maximum atomic E-state index is 13.5. The smallest absolute Gasteiger partial charge is 0.452 e. The molecule has 0 aliphatic carbocycles. The van der Waals surface area contributed by atoms with Crippen molar-refractivity contribution in [2.24, 2.45) is 0 Å². The molecule has 0 saturated heterocycles. The molecule has 106 valence electrons. The third-order valence-corrected chi connectivity index (χ3v) is 3.82. The number of hydrogen-bond donors (Lipinski definition) is 1. The van der Waals surface area contributed by atoms with Gasteiger partial charge >= 0.3 is 12.1 Å². The Morgan fingerprint density at radius 1 is 1.35 bits per heavy atom. The highest BCUT2D eigenvalue weighted by molar-refractivity contribution is 8.01. The van der Waals surface area contributed by atoms with Crippen molar-refractivity contribution in [1.29, 1.82) is 0 Å². The van der Waals surface area contributed by atoms with E-state index in [1.807, 2.05) is 0 Å². The van der Waals surface area contributed by atoms with Crippen molar-refractivity contribution in [3.63, 3.8) is 0 Å². The Labute approximate surface area is 117 Å². The zero-order chi connectivity index (χ0) is 14.9. The van der Waals surface area contributed by atoms with Gasteiger partial charge in [0.05, 0.1) is 10.5 Å². The van der Waals surface area contributed by atoms with Crippen LogP contribution in [0.5, 0.6) is 0 Å². The Hall–Kier alpha value is -1.68. The van der Waals surface area contributed by atoms with Gasteiger partial charge in [0.15, 0.2) is 4.34 Å². The lowest BCUT2D eigenvalue weighted by Gasteiger charge is -2.02. The van der Waals surface area contributed by atoms with E-state index < -0.39 is 23.8 Å². The topological polar surface area (TPSA) is 63.1 Å². The molecule has 0 aliphatic heterocycles. The first-order valence-corrected chi connectivity index (χ1v) is 6.48. The average molecular weight is 324 g/mol. The zero-order valence-corrected chi connectivity index (χ0v) is 10.9. The Balaban J connectivity index is 2.28. The van der Waals surface area contributed by atoms with Crippen LogP contribution in [0.25, 0.3) is 0 Å². The van der Waals surface area contributed by atoms with Crippen molar-refractivity contribution in [3.05, 3.63) is 35.4 Å². The van der Waals surface area contributed by atoms with Crippen LogP contribution in [0, 0.1) is 5.82 Å². The summed E-state index contributed by atoms with van der Waals surface area (Å²) >= 11 is 1.05. The molecule has 0 fully saturated rings. The summed E-state index contributed by atoms with van der Waals surface area (Å²) in [6.45, 7) is 0. The number of nitrogens with zero attached hydrogens (tertiary/aromatic N) is 2. The molecule has 0 aliphatic rings. The molecule has 0 amide bonds. The van der Waals surface area contributed by atoms with Crippen LogP contribution in [0.2, 0.25) is 0 Å². The van der Waals surface area contributed by atoms with Gasteiger partial charge in [-0.15, -0.1) is 0 Å². The van der Waals surface area contributed by atoms with Crippen LogP contribution in [-0.4, -0.2) is 20.4 Å². The largest absolute Gasteiger partial charge is 0.478 e. The monoisotopic (exact) mass is 324 g/mol. The predicted molar refractivity (Wildman–Crippen MR) is 62.4 cm³/mol. The molecule has 0 radical (unpaired) electrons. The van der Waals surface area contributed by atoms with Gasteiger partial charge in [-0.1, -0.05) is 11.8 Å². The maximum absolute atomic E-state index is 13.5. The van der Waals surface area contributed by atoms with E-state index in [-0.39, 0.29) is 14.8 Å². The van der Waals surface area contributed by atoms with Gasteiger partial charge in [-0.05, 0) is 29.7 Å². The van der Waals surface area contributed by atoms with Gasteiger partial charge in [-0.3, -0.25) is 0 Å². The zero-order valence-electron chi connectivity index (χ0n) is 9.31. The van der Waals surface area contributed by atoms with E-state index in [4.69, 9.17) is 5.11 Å². The standard InChI is InChI=1S/C10H4F4N2O2S2/c11-5-2-1-4(7(17)18)3-6(5)19-9-15-8(16-20-9)10(12,13)14/h1-3H,(H,17,18).